The number of pyridine rings is 1. The molecule has 1 aromatic carbocycles. The van der Waals surface area contributed by atoms with Crippen LogP contribution in [0.15, 0.2) is 36.5 Å². The first-order valence-corrected chi connectivity index (χ1v) is 7.12. The smallest absolute Gasteiger partial charge is 0.149 e. The van der Waals surface area contributed by atoms with Crippen LogP contribution in [0.5, 0.6) is 11.5 Å². The molecule has 1 aromatic heterocycles. The lowest BCUT2D eigenvalue weighted by Crippen LogP contribution is -2.21. The van der Waals surface area contributed by atoms with Crippen molar-refractivity contribution in [2.24, 2.45) is 5.73 Å². The fourth-order valence-electron chi connectivity index (χ4n) is 1.94. The summed E-state index contributed by atoms with van der Waals surface area (Å²) in [6.07, 6.45) is 3.40. The zero-order chi connectivity index (χ0) is 14.5. The van der Waals surface area contributed by atoms with Gasteiger partial charge in [-0.15, -0.1) is 0 Å². The quantitative estimate of drug-likeness (QED) is 0.901. The normalized spacial score (nSPS) is 12.2. The summed E-state index contributed by atoms with van der Waals surface area (Å²) in [6.45, 7) is 3.98. The van der Waals surface area contributed by atoms with Gasteiger partial charge in [0.1, 0.15) is 11.5 Å². The molecule has 1 heterocycles. The molecule has 2 aromatic rings. The number of aryl methyl sites for hydroxylation is 1. The molecule has 0 saturated carbocycles. The minimum absolute atomic E-state index is 0.103. The third kappa shape index (κ3) is 3.50. The van der Waals surface area contributed by atoms with Crippen LogP contribution in [0, 0.1) is 6.92 Å². The van der Waals surface area contributed by atoms with Gasteiger partial charge in [-0.1, -0.05) is 30.7 Å². The van der Waals surface area contributed by atoms with E-state index in [0.29, 0.717) is 16.5 Å². The number of aromatic nitrogens is 1. The van der Waals surface area contributed by atoms with E-state index in [0.717, 1.165) is 24.1 Å². The summed E-state index contributed by atoms with van der Waals surface area (Å²) in [5.74, 6) is 1.39. The highest BCUT2D eigenvalue weighted by Gasteiger charge is 2.13. The number of nitrogens with two attached hydrogens (primary N) is 1. The number of ether oxygens (including phenoxy) is 1. The second-order valence-corrected chi connectivity index (χ2v) is 5.20. The van der Waals surface area contributed by atoms with Gasteiger partial charge in [-0.3, -0.25) is 4.98 Å². The standard InChI is InChI=1S/C16H19ClN2O/c1-3-13(18)10-12-6-4-7-14(17)16(12)20-15-8-5-9-19-11(15)2/h4-9,13H,3,10,18H2,1-2H3. The lowest BCUT2D eigenvalue weighted by molar-refractivity contribution is 0.466. The van der Waals surface area contributed by atoms with Crippen molar-refractivity contribution in [1.29, 1.82) is 0 Å². The Labute approximate surface area is 124 Å². The Kier molecular flexibility index (Phi) is 4.99. The molecule has 0 aliphatic rings. The van der Waals surface area contributed by atoms with E-state index < -0.39 is 0 Å². The SMILES string of the molecule is CCC(N)Cc1cccc(Cl)c1Oc1cccnc1C. The molecule has 0 bridgehead atoms. The molecule has 0 aliphatic carbocycles. The molecule has 2 N–H and O–H groups in total. The molecule has 106 valence electrons. The number of para-hydroxylation sites is 1. The summed E-state index contributed by atoms with van der Waals surface area (Å²) in [5.41, 5.74) is 7.89. The molecular weight excluding hydrogens is 272 g/mol. The zero-order valence-corrected chi connectivity index (χ0v) is 12.5. The summed E-state index contributed by atoms with van der Waals surface area (Å²) in [6, 6.07) is 9.58. The van der Waals surface area contributed by atoms with Crippen LogP contribution in [-0.4, -0.2) is 11.0 Å². The predicted octanol–water partition coefficient (Wildman–Crippen LogP) is 4.12. The average Bonchev–Trinajstić information content (AvgIpc) is 2.44. The molecule has 0 saturated heterocycles. The van der Waals surface area contributed by atoms with Crippen molar-refractivity contribution < 1.29 is 4.74 Å². The monoisotopic (exact) mass is 290 g/mol. The number of hydrogen-bond acceptors (Lipinski definition) is 3. The molecule has 4 heteroatoms. The Bertz CT molecular complexity index is 586. The van der Waals surface area contributed by atoms with Crippen molar-refractivity contribution in [1.82, 2.24) is 4.98 Å². The van der Waals surface area contributed by atoms with Crippen molar-refractivity contribution in [3.63, 3.8) is 0 Å². The van der Waals surface area contributed by atoms with Gasteiger partial charge in [0.05, 0.1) is 10.7 Å². The third-order valence-corrected chi connectivity index (χ3v) is 3.52. The van der Waals surface area contributed by atoms with Gasteiger partial charge in [0.2, 0.25) is 0 Å². The summed E-state index contributed by atoms with van der Waals surface area (Å²) >= 11 is 6.27. The van der Waals surface area contributed by atoms with Crippen LogP contribution in [0.25, 0.3) is 0 Å². The van der Waals surface area contributed by atoms with E-state index in [4.69, 9.17) is 22.1 Å². The number of benzene rings is 1. The maximum absolute atomic E-state index is 6.27. The predicted molar refractivity (Wildman–Crippen MR) is 82.5 cm³/mol. The van der Waals surface area contributed by atoms with Gasteiger partial charge in [0, 0.05) is 12.2 Å². The van der Waals surface area contributed by atoms with Gasteiger partial charge in [-0.05, 0) is 43.5 Å². The Hall–Kier alpha value is -1.58. The lowest BCUT2D eigenvalue weighted by Gasteiger charge is -2.16. The molecule has 0 spiro atoms. The number of halogens is 1. The molecule has 2 rings (SSSR count). The van der Waals surface area contributed by atoms with Crippen LogP contribution in [0.4, 0.5) is 0 Å². The highest BCUT2D eigenvalue weighted by atomic mass is 35.5. The highest BCUT2D eigenvalue weighted by Crippen LogP contribution is 2.34. The van der Waals surface area contributed by atoms with Crippen LogP contribution < -0.4 is 10.5 Å². The molecule has 20 heavy (non-hydrogen) atoms. The molecule has 0 fully saturated rings. The molecule has 1 unspecified atom stereocenters. The summed E-state index contributed by atoms with van der Waals surface area (Å²) in [5, 5.41) is 0.592. The van der Waals surface area contributed by atoms with Crippen molar-refractivity contribution in [2.45, 2.75) is 32.7 Å². The van der Waals surface area contributed by atoms with Crippen molar-refractivity contribution in [3.8, 4) is 11.5 Å². The second-order valence-electron chi connectivity index (χ2n) is 4.79. The Morgan fingerprint density at radius 1 is 1.30 bits per heavy atom. The van der Waals surface area contributed by atoms with E-state index >= 15 is 0 Å². The zero-order valence-electron chi connectivity index (χ0n) is 11.8. The molecule has 0 amide bonds. The third-order valence-electron chi connectivity index (χ3n) is 3.23. The van der Waals surface area contributed by atoms with E-state index in [9.17, 15) is 0 Å². The molecule has 0 radical (unpaired) electrons. The van der Waals surface area contributed by atoms with Crippen LogP contribution in [-0.2, 0) is 6.42 Å². The van der Waals surface area contributed by atoms with E-state index in [-0.39, 0.29) is 6.04 Å². The van der Waals surface area contributed by atoms with Gasteiger partial charge in [-0.2, -0.15) is 0 Å². The molecular formula is C16H19ClN2O. The van der Waals surface area contributed by atoms with Gasteiger partial charge in [-0.25, -0.2) is 0 Å². The fraction of sp³-hybridized carbons (Fsp3) is 0.312. The van der Waals surface area contributed by atoms with Gasteiger partial charge in [0.25, 0.3) is 0 Å². The van der Waals surface area contributed by atoms with Crippen LogP contribution in [0.1, 0.15) is 24.6 Å². The van der Waals surface area contributed by atoms with Crippen LogP contribution >= 0.6 is 11.6 Å². The van der Waals surface area contributed by atoms with Crippen molar-refractivity contribution in [2.75, 3.05) is 0 Å². The molecule has 1 atom stereocenters. The van der Waals surface area contributed by atoms with E-state index in [1.165, 1.54) is 0 Å². The first-order chi connectivity index (χ1) is 9.61. The van der Waals surface area contributed by atoms with E-state index in [1.807, 2.05) is 37.3 Å². The van der Waals surface area contributed by atoms with Crippen molar-refractivity contribution >= 4 is 11.6 Å². The minimum Gasteiger partial charge on any atom is -0.454 e. The fourth-order valence-corrected chi connectivity index (χ4v) is 2.18. The first-order valence-electron chi connectivity index (χ1n) is 6.74. The average molecular weight is 291 g/mol. The largest absolute Gasteiger partial charge is 0.454 e. The van der Waals surface area contributed by atoms with Gasteiger partial charge in [0.15, 0.2) is 0 Å². The summed E-state index contributed by atoms with van der Waals surface area (Å²) < 4.78 is 5.97. The van der Waals surface area contributed by atoms with Crippen molar-refractivity contribution in [3.05, 3.63) is 52.8 Å². The Morgan fingerprint density at radius 3 is 2.80 bits per heavy atom. The first kappa shape index (κ1) is 14.8. The van der Waals surface area contributed by atoms with E-state index in [2.05, 4.69) is 11.9 Å². The van der Waals surface area contributed by atoms with E-state index in [1.54, 1.807) is 6.20 Å². The lowest BCUT2D eigenvalue weighted by atomic mass is 10.0. The molecule has 0 aliphatic heterocycles. The van der Waals surface area contributed by atoms with Gasteiger partial charge >= 0.3 is 0 Å². The number of nitrogens with zero attached hydrogens (tertiary/aromatic N) is 1. The summed E-state index contributed by atoms with van der Waals surface area (Å²) in [7, 11) is 0. The maximum atomic E-state index is 6.27. The Morgan fingerprint density at radius 2 is 2.10 bits per heavy atom. The van der Waals surface area contributed by atoms with Crippen LogP contribution in [0.2, 0.25) is 5.02 Å². The number of hydrogen-bond donors (Lipinski definition) is 1. The minimum atomic E-state index is 0.103. The molecule has 3 nitrogen and oxygen atoms in total. The Balaban J connectivity index is 2.33. The van der Waals surface area contributed by atoms with Crippen LogP contribution in [0.3, 0.4) is 0 Å². The number of rotatable bonds is 5. The summed E-state index contributed by atoms with van der Waals surface area (Å²) in [4.78, 5) is 4.22. The van der Waals surface area contributed by atoms with Gasteiger partial charge < -0.3 is 10.5 Å². The topological polar surface area (TPSA) is 48.1 Å². The second kappa shape index (κ2) is 6.73. The maximum Gasteiger partial charge on any atom is 0.149 e. The highest BCUT2D eigenvalue weighted by molar-refractivity contribution is 6.32.